The van der Waals surface area contributed by atoms with E-state index in [1.54, 1.807) is 0 Å². The second-order valence-corrected chi connectivity index (χ2v) is 3.30. The Balaban J connectivity index is 2.10. The molecule has 0 bridgehead atoms. The molecular formula is C7H9IO. The molecular weight excluding hydrogens is 227 g/mol. The summed E-state index contributed by atoms with van der Waals surface area (Å²) in [6, 6.07) is 0. The van der Waals surface area contributed by atoms with Gasteiger partial charge < -0.3 is 3.07 Å². The normalized spacial score (nSPS) is 39.0. The predicted octanol–water partition coefficient (Wildman–Crippen LogP) is 2.67. The van der Waals surface area contributed by atoms with Crippen LogP contribution in [-0.4, -0.2) is 0 Å². The van der Waals surface area contributed by atoms with Crippen molar-refractivity contribution in [1.82, 2.24) is 0 Å². The van der Waals surface area contributed by atoms with Gasteiger partial charge in [-0.3, -0.25) is 0 Å². The number of hydrogen-bond donors (Lipinski definition) is 0. The molecule has 0 radical (unpaired) electrons. The molecule has 2 aliphatic rings. The Labute approximate surface area is 69.2 Å². The van der Waals surface area contributed by atoms with Gasteiger partial charge in [0.25, 0.3) is 0 Å². The first-order valence-corrected chi connectivity index (χ1v) is 4.28. The van der Waals surface area contributed by atoms with Crippen molar-refractivity contribution in [2.24, 2.45) is 11.8 Å². The zero-order valence-corrected chi connectivity index (χ0v) is 7.30. The highest BCUT2D eigenvalue weighted by Gasteiger charge is 2.42. The highest BCUT2D eigenvalue weighted by Crippen LogP contribution is 2.50. The van der Waals surface area contributed by atoms with Gasteiger partial charge in [0.1, 0.15) is 5.76 Å². The Bertz CT molecular complexity index is 153. The second-order valence-electron chi connectivity index (χ2n) is 2.86. The van der Waals surface area contributed by atoms with Gasteiger partial charge in [-0.15, -0.1) is 0 Å². The van der Waals surface area contributed by atoms with Crippen LogP contribution in [0.25, 0.3) is 0 Å². The van der Waals surface area contributed by atoms with E-state index in [0.717, 1.165) is 11.8 Å². The zero-order valence-electron chi connectivity index (χ0n) is 5.14. The van der Waals surface area contributed by atoms with E-state index in [2.05, 4.69) is 6.08 Å². The molecule has 0 saturated heterocycles. The minimum atomic E-state index is 0.815. The Morgan fingerprint density at radius 3 is 3.22 bits per heavy atom. The summed E-state index contributed by atoms with van der Waals surface area (Å²) < 4.78 is 5.18. The lowest BCUT2D eigenvalue weighted by Crippen LogP contribution is -1.94. The van der Waals surface area contributed by atoms with Crippen molar-refractivity contribution in [3.63, 3.8) is 0 Å². The van der Waals surface area contributed by atoms with Crippen LogP contribution >= 0.6 is 23.0 Å². The molecule has 0 spiro atoms. The van der Waals surface area contributed by atoms with Crippen LogP contribution in [0.1, 0.15) is 19.3 Å². The molecule has 1 saturated carbocycles. The van der Waals surface area contributed by atoms with Gasteiger partial charge in [0, 0.05) is 5.92 Å². The fraction of sp³-hybridized carbons (Fsp3) is 0.714. The van der Waals surface area contributed by atoms with E-state index in [0.29, 0.717) is 0 Å². The minimum Gasteiger partial charge on any atom is -0.432 e. The molecule has 2 rings (SSSR count). The summed E-state index contributed by atoms with van der Waals surface area (Å²) in [4.78, 5) is 0. The number of hydrogen-bond acceptors (Lipinski definition) is 1. The first-order chi connectivity index (χ1) is 4.42. The van der Waals surface area contributed by atoms with Crippen molar-refractivity contribution < 1.29 is 3.07 Å². The standard InChI is InChI=1S/C7H9IO/c8-9-7-3-1-2-5-4-6(5)7/h3,5-6H,1-2,4H2. The van der Waals surface area contributed by atoms with E-state index in [9.17, 15) is 0 Å². The maximum absolute atomic E-state index is 5.18. The first kappa shape index (κ1) is 6.01. The maximum atomic E-state index is 5.18. The third kappa shape index (κ3) is 0.974. The molecule has 0 aliphatic heterocycles. The summed E-state index contributed by atoms with van der Waals surface area (Å²) in [5.41, 5.74) is 0. The zero-order chi connectivity index (χ0) is 6.27. The van der Waals surface area contributed by atoms with Crippen LogP contribution in [-0.2, 0) is 3.07 Å². The van der Waals surface area contributed by atoms with Gasteiger partial charge in [-0.05, 0) is 31.3 Å². The molecule has 0 aromatic heterocycles. The molecule has 2 heteroatoms. The molecule has 0 heterocycles. The topological polar surface area (TPSA) is 9.23 Å². The largest absolute Gasteiger partial charge is 0.432 e. The molecule has 0 aromatic carbocycles. The molecule has 0 aromatic rings. The van der Waals surface area contributed by atoms with E-state index in [4.69, 9.17) is 3.07 Å². The lowest BCUT2D eigenvalue weighted by Gasteiger charge is -2.07. The summed E-state index contributed by atoms with van der Waals surface area (Å²) in [6.45, 7) is 0. The van der Waals surface area contributed by atoms with Crippen LogP contribution in [0.3, 0.4) is 0 Å². The minimum absolute atomic E-state index is 0.815. The fourth-order valence-electron chi connectivity index (χ4n) is 1.59. The molecule has 9 heavy (non-hydrogen) atoms. The van der Waals surface area contributed by atoms with Crippen molar-refractivity contribution in [1.29, 1.82) is 0 Å². The average molecular weight is 236 g/mol. The number of rotatable bonds is 1. The molecule has 2 aliphatic carbocycles. The van der Waals surface area contributed by atoms with Crippen molar-refractivity contribution in [2.45, 2.75) is 19.3 Å². The number of halogens is 1. The van der Waals surface area contributed by atoms with Crippen LogP contribution in [0, 0.1) is 11.8 Å². The van der Waals surface area contributed by atoms with Crippen LogP contribution in [0.5, 0.6) is 0 Å². The van der Waals surface area contributed by atoms with E-state index < -0.39 is 0 Å². The van der Waals surface area contributed by atoms with Crippen LogP contribution in [0.4, 0.5) is 0 Å². The van der Waals surface area contributed by atoms with Crippen molar-refractivity contribution in [3.05, 3.63) is 11.8 Å². The van der Waals surface area contributed by atoms with Crippen molar-refractivity contribution in [3.8, 4) is 0 Å². The van der Waals surface area contributed by atoms with Crippen LogP contribution in [0.2, 0.25) is 0 Å². The number of fused-ring (bicyclic) bond motifs is 1. The molecule has 2 atom stereocenters. The third-order valence-corrected chi connectivity index (χ3v) is 2.77. The van der Waals surface area contributed by atoms with E-state index >= 15 is 0 Å². The molecule has 1 fully saturated rings. The highest BCUT2D eigenvalue weighted by atomic mass is 127. The molecule has 1 nitrogen and oxygen atoms in total. The summed E-state index contributed by atoms with van der Waals surface area (Å²) in [6.07, 6.45) is 6.25. The van der Waals surface area contributed by atoms with Gasteiger partial charge >= 0.3 is 0 Å². The Kier molecular flexibility index (Phi) is 1.43. The second kappa shape index (κ2) is 2.15. The van der Waals surface area contributed by atoms with Gasteiger partial charge in [-0.25, -0.2) is 0 Å². The lowest BCUT2D eigenvalue weighted by atomic mass is 10.1. The van der Waals surface area contributed by atoms with Gasteiger partial charge in [-0.2, -0.15) is 0 Å². The van der Waals surface area contributed by atoms with Crippen LogP contribution in [0.15, 0.2) is 11.8 Å². The Hall–Kier alpha value is 0.270. The lowest BCUT2D eigenvalue weighted by molar-refractivity contribution is 0.469. The SMILES string of the molecule is IOC1=CCCC2CC12. The smallest absolute Gasteiger partial charge is 0.192 e. The average Bonchev–Trinajstić information content (AvgIpc) is 2.64. The Morgan fingerprint density at radius 1 is 1.67 bits per heavy atom. The highest BCUT2D eigenvalue weighted by molar-refractivity contribution is 14.1. The fourth-order valence-corrected chi connectivity index (χ4v) is 2.10. The first-order valence-electron chi connectivity index (χ1n) is 3.40. The van der Waals surface area contributed by atoms with Crippen LogP contribution < -0.4 is 0 Å². The van der Waals surface area contributed by atoms with E-state index in [1.165, 1.54) is 25.0 Å². The quantitative estimate of drug-likeness (QED) is 0.636. The van der Waals surface area contributed by atoms with Gasteiger partial charge in [0.2, 0.25) is 0 Å². The third-order valence-electron chi connectivity index (χ3n) is 2.26. The van der Waals surface area contributed by atoms with Crippen molar-refractivity contribution in [2.75, 3.05) is 0 Å². The summed E-state index contributed by atoms with van der Waals surface area (Å²) in [5.74, 6) is 3.04. The summed E-state index contributed by atoms with van der Waals surface area (Å²) in [7, 11) is 0. The molecule has 0 N–H and O–H groups in total. The van der Waals surface area contributed by atoms with Crippen molar-refractivity contribution >= 4 is 23.0 Å². The molecule has 2 unspecified atom stereocenters. The predicted molar refractivity (Wildman–Crippen MR) is 44.0 cm³/mol. The summed E-state index contributed by atoms with van der Waals surface area (Å²) >= 11 is 1.98. The summed E-state index contributed by atoms with van der Waals surface area (Å²) in [5, 5.41) is 0. The number of allylic oxidation sites excluding steroid dienone is 2. The molecule has 0 amide bonds. The van der Waals surface area contributed by atoms with E-state index in [-0.39, 0.29) is 0 Å². The monoisotopic (exact) mass is 236 g/mol. The van der Waals surface area contributed by atoms with Gasteiger partial charge in [0.15, 0.2) is 23.0 Å². The molecule has 50 valence electrons. The maximum Gasteiger partial charge on any atom is 0.192 e. The van der Waals surface area contributed by atoms with Gasteiger partial charge in [-0.1, -0.05) is 0 Å². The van der Waals surface area contributed by atoms with E-state index in [1.807, 2.05) is 23.0 Å². The Morgan fingerprint density at radius 2 is 2.56 bits per heavy atom. The van der Waals surface area contributed by atoms with Gasteiger partial charge in [0.05, 0.1) is 0 Å².